The van der Waals surface area contributed by atoms with Gasteiger partial charge in [-0.2, -0.15) is 0 Å². The van der Waals surface area contributed by atoms with Crippen LogP contribution in [-0.4, -0.2) is 38.9 Å². The van der Waals surface area contributed by atoms with Crippen LogP contribution in [0, 0.1) is 5.92 Å². The van der Waals surface area contributed by atoms with E-state index < -0.39 is 6.04 Å². The summed E-state index contributed by atoms with van der Waals surface area (Å²) >= 11 is 0. The Bertz CT molecular complexity index is 1080. The minimum Gasteiger partial charge on any atom is -0.344 e. The normalized spacial score (nSPS) is 14.1. The Morgan fingerprint density at radius 2 is 1.67 bits per heavy atom. The molecular formula is C27H32N4O2. The molecule has 2 heterocycles. The van der Waals surface area contributed by atoms with Gasteiger partial charge in [-0.25, -0.2) is 4.98 Å². The summed E-state index contributed by atoms with van der Waals surface area (Å²) in [6.07, 6.45) is 3.89. The van der Waals surface area contributed by atoms with E-state index in [1.165, 1.54) is 11.3 Å². The monoisotopic (exact) mass is 444 g/mol. The second kappa shape index (κ2) is 10.5. The summed E-state index contributed by atoms with van der Waals surface area (Å²) in [7, 11) is 0. The number of benzene rings is 2. The molecule has 3 aromatic rings. The molecule has 6 heteroatoms. The maximum absolute atomic E-state index is 13.3. The van der Waals surface area contributed by atoms with Crippen molar-refractivity contribution in [3.8, 4) is 0 Å². The van der Waals surface area contributed by atoms with Crippen LogP contribution in [0.25, 0.3) is 0 Å². The first kappa shape index (κ1) is 22.8. The first-order chi connectivity index (χ1) is 16.0. The van der Waals surface area contributed by atoms with Crippen molar-refractivity contribution in [2.75, 3.05) is 6.54 Å². The van der Waals surface area contributed by atoms with Gasteiger partial charge in [0.25, 0.3) is 0 Å². The van der Waals surface area contributed by atoms with Gasteiger partial charge in [-0.15, -0.1) is 0 Å². The maximum Gasteiger partial charge on any atom is 0.245 e. The third-order valence-electron chi connectivity index (χ3n) is 6.24. The summed E-state index contributed by atoms with van der Waals surface area (Å²) in [5.41, 5.74) is 4.41. The van der Waals surface area contributed by atoms with E-state index in [1.54, 1.807) is 0 Å². The van der Waals surface area contributed by atoms with E-state index in [4.69, 9.17) is 0 Å². The molecule has 172 valence electrons. The Hall–Kier alpha value is -3.41. The van der Waals surface area contributed by atoms with E-state index >= 15 is 0 Å². The van der Waals surface area contributed by atoms with E-state index in [9.17, 15) is 9.59 Å². The molecule has 2 aromatic carbocycles. The third kappa shape index (κ3) is 5.69. The zero-order valence-electron chi connectivity index (χ0n) is 19.4. The molecular weight excluding hydrogens is 412 g/mol. The van der Waals surface area contributed by atoms with Gasteiger partial charge in [-0.05, 0) is 23.5 Å². The lowest BCUT2D eigenvalue weighted by atomic mass is 10.0. The molecule has 0 spiro atoms. The third-order valence-corrected chi connectivity index (χ3v) is 6.24. The largest absolute Gasteiger partial charge is 0.344 e. The molecule has 0 radical (unpaired) electrons. The Kier molecular flexibility index (Phi) is 7.23. The molecule has 1 aromatic heterocycles. The lowest BCUT2D eigenvalue weighted by Gasteiger charge is -2.32. The van der Waals surface area contributed by atoms with Crippen molar-refractivity contribution < 1.29 is 9.59 Å². The molecule has 4 rings (SSSR count). The van der Waals surface area contributed by atoms with Crippen LogP contribution in [0.2, 0.25) is 0 Å². The first-order valence-electron chi connectivity index (χ1n) is 11.7. The van der Waals surface area contributed by atoms with E-state index in [0.717, 1.165) is 30.6 Å². The second-order valence-corrected chi connectivity index (χ2v) is 9.03. The summed E-state index contributed by atoms with van der Waals surface area (Å²) in [5.74, 6) is -0.158. The average Bonchev–Trinajstić information content (AvgIpc) is 3.24. The number of rotatable bonds is 8. The summed E-state index contributed by atoms with van der Waals surface area (Å²) < 4.78 is 2.21. The predicted octanol–water partition coefficient (Wildman–Crippen LogP) is 3.39. The van der Waals surface area contributed by atoms with Crippen LogP contribution in [0.15, 0.2) is 67.0 Å². The molecule has 0 fully saturated rings. The number of aryl methyl sites for hydroxylation is 2. The van der Waals surface area contributed by atoms with Gasteiger partial charge in [0.1, 0.15) is 6.04 Å². The number of aromatic nitrogens is 2. The number of nitrogens with one attached hydrogen (secondary N) is 1. The van der Waals surface area contributed by atoms with E-state index in [0.29, 0.717) is 13.1 Å². The highest BCUT2D eigenvalue weighted by molar-refractivity contribution is 5.88. The van der Waals surface area contributed by atoms with Crippen molar-refractivity contribution in [2.24, 2.45) is 5.92 Å². The van der Waals surface area contributed by atoms with Gasteiger partial charge in [0.15, 0.2) is 0 Å². The van der Waals surface area contributed by atoms with Gasteiger partial charge < -0.3 is 14.8 Å². The number of fused-ring (bicyclic) bond motifs is 1. The zero-order chi connectivity index (χ0) is 23.2. The maximum atomic E-state index is 13.3. The van der Waals surface area contributed by atoms with Crippen molar-refractivity contribution >= 4 is 11.8 Å². The Labute approximate surface area is 195 Å². The molecule has 0 bridgehead atoms. The van der Waals surface area contributed by atoms with Crippen molar-refractivity contribution in [3.63, 3.8) is 0 Å². The number of carbonyl (C=O) groups excluding carboxylic acids is 2. The second-order valence-electron chi connectivity index (χ2n) is 9.03. The van der Waals surface area contributed by atoms with Crippen molar-refractivity contribution in [2.45, 2.75) is 52.2 Å². The fraction of sp³-hybridized carbons (Fsp3) is 0.370. The summed E-state index contributed by atoms with van der Waals surface area (Å²) in [4.78, 5) is 32.4. The minimum absolute atomic E-state index is 0.00190. The molecule has 33 heavy (non-hydrogen) atoms. The Morgan fingerprint density at radius 1 is 1.00 bits per heavy atom. The van der Waals surface area contributed by atoms with Crippen molar-refractivity contribution in [1.82, 2.24) is 19.8 Å². The number of hydrogen-bond donors (Lipinski definition) is 1. The fourth-order valence-corrected chi connectivity index (χ4v) is 4.36. The molecule has 1 aliphatic rings. The minimum atomic E-state index is -0.539. The van der Waals surface area contributed by atoms with E-state index in [1.807, 2.05) is 61.5 Å². The number of carbonyl (C=O) groups is 2. The molecule has 0 aliphatic carbocycles. The van der Waals surface area contributed by atoms with Crippen LogP contribution in [0.3, 0.4) is 0 Å². The molecule has 6 nitrogen and oxygen atoms in total. The SMILES string of the molecule is CC(C)[C@@H](NC(=O)Cc1ccccc1)C(=O)N1CCc2c(ncn2CCc2ccccc2)C1. The lowest BCUT2D eigenvalue weighted by molar-refractivity contribution is -0.138. The van der Waals surface area contributed by atoms with Crippen LogP contribution in [0.1, 0.15) is 36.4 Å². The number of imidazole rings is 1. The van der Waals surface area contributed by atoms with Crippen molar-refractivity contribution in [1.29, 1.82) is 0 Å². The highest BCUT2D eigenvalue weighted by atomic mass is 16.2. The molecule has 0 unspecified atom stereocenters. The van der Waals surface area contributed by atoms with Gasteiger partial charge >= 0.3 is 0 Å². The molecule has 1 N–H and O–H groups in total. The van der Waals surface area contributed by atoms with Crippen LogP contribution < -0.4 is 5.32 Å². The van der Waals surface area contributed by atoms with Gasteiger partial charge in [0.2, 0.25) is 11.8 Å². The quantitative estimate of drug-likeness (QED) is 0.579. The first-order valence-corrected chi connectivity index (χ1v) is 11.7. The molecule has 1 atom stereocenters. The molecule has 1 aliphatic heterocycles. The van der Waals surface area contributed by atoms with Crippen LogP contribution in [-0.2, 0) is 41.9 Å². The van der Waals surface area contributed by atoms with E-state index in [2.05, 4.69) is 39.1 Å². The van der Waals surface area contributed by atoms with Crippen molar-refractivity contribution in [3.05, 3.63) is 89.5 Å². The summed E-state index contributed by atoms with van der Waals surface area (Å²) in [6, 6.07) is 19.5. The number of hydrogen-bond acceptors (Lipinski definition) is 3. The van der Waals surface area contributed by atoms with E-state index in [-0.39, 0.29) is 24.2 Å². The smallest absolute Gasteiger partial charge is 0.245 e. The highest BCUT2D eigenvalue weighted by Crippen LogP contribution is 2.20. The van der Waals surface area contributed by atoms with Crippen LogP contribution in [0.5, 0.6) is 0 Å². The van der Waals surface area contributed by atoms with Gasteiger partial charge in [-0.1, -0.05) is 74.5 Å². The van der Waals surface area contributed by atoms with Gasteiger partial charge in [-0.3, -0.25) is 9.59 Å². The summed E-state index contributed by atoms with van der Waals surface area (Å²) in [5, 5.41) is 2.97. The highest BCUT2D eigenvalue weighted by Gasteiger charge is 2.32. The standard InChI is InChI=1S/C27H32N4O2/c1-20(2)26(29-25(32)17-22-11-7-4-8-12-22)27(33)30-16-14-24-23(18-30)28-19-31(24)15-13-21-9-5-3-6-10-21/h3-12,19-20,26H,13-18H2,1-2H3,(H,29,32)/t26-/m1/s1. The zero-order valence-corrected chi connectivity index (χ0v) is 19.4. The van der Waals surface area contributed by atoms with Crippen LogP contribution in [0.4, 0.5) is 0 Å². The topological polar surface area (TPSA) is 67.2 Å². The molecule has 0 saturated carbocycles. The van der Waals surface area contributed by atoms with Gasteiger partial charge in [0.05, 0.1) is 25.0 Å². The molecule has 0 saturated heterocycles. The predicted molar refractivity (Wildman–Crippen MR) is 128 cm³/mol. The van der Waals surface area contributed by atoms with Gasteiger partial charge in [0, 0.05) is 25.2 Å². The summed E-state index contributed by atoms with van der Waals surface area (Å²) in [6.45, 7) is 5.95. The fourth-order valence-electron chi connectivity index (χ4n) is 4.36. The van der Waals surface area contributed by atoms with Crippen LogP contribution >= 0.6 is 0 Å². The number of amides is 2. The Morgan fingerprint density at radius 3 is 2.33 bits per heavy atom. The Balaban J connectivity index is 1.37. The number of nitrogens with zero attached hydrogens (tertiary/aromatic N) is 3. The average molecular weight is 445 g/mol. The lowest BCUT2D eigenvalue weighted by Crippen LogP contribution is -2.52. The molecule has 2 amide bonds.